The second kappa shape index (κ2) is 12.5. The van der Waals surface area contributed by atoms with Crippen molar-refractivity contribution in [2.75, 3.05) is 4.90 Å². The molecule has 56 heavy (non-hydrogen) atoms. The summed E-state index contributed by atoms with van der Waals surface area (Å²) in [4.78, 5) is 2.56. The van der Waals surface area contributed by atoms with E-state index in [1.807, 2.05) is 0 Å². The summed E-state index contributed by atoms with van der Waals surface area (Å²) in [6.45, 7) is 9.74. The van der Waals surface area contributed by atoms with Crippen molar-refractivity contribution >= 4 is 17.1 Å². The normalized spacial score (nSPS) is 25.9. The molecule has 0 aromatic heterocycles. The summed E-state index contributed by atoms with van der Waals surface area (Å²) < 4.78 is 7.46. The number of hydrogen-bond acceptors (Lipinski definition) is 2. The van der Waals surface area contributed by atoms with Crippen LogP contribution in [0.2, 0.25) is 0 Å². The first-order valence-corrected chi connectivity index (χ1v) is 21.3. The maximum Gasteiger partial charge on any atom is 0.156 e. The maximum atomic E-state index is 7.46. The Morgan fingerprint density at radius 2 is 1.04 bits per heavy atom. The van der Waals surface area contributed by atoms with Gasteiger partial charge in [0, 0.05) is 33.5 Å². The summed E-state index contributed by atoms with van der Waals surface area (Å²) in [5.41, 5.74) is 14.3. The van der Waals surface area contributed by atoms with Crippen LogP contribution in [0, 0.1) is 23.7 Å². The molecule has 0 radical (unpaired) electrons. The third kappa shape index (κ3) is 5.07. The molecule has 0 atom stereocenters. The lowest BCUT2D eigenvalue weighted by Gasteiger charge is -2.63. The van der Waals surface area contributed by atoms with Crippen LogP contribution in [0.1, 0.15) is 94.9 Å². The van der Waals surface area contributed by atoms with Gasteiger partial charge in [-0.05, 0) is 138 Å². The molecule has 1 heterocycles. The largest absolute Gasteiger partial charge is 0.454 e. The summed E-state index contributed by atoms with van der Waals surface area (Å²) in [7, 11) is 0. The lowest BCUT2D eigenvalue weighted by atomic mass is 9.41. The molecule has 2 nitrogen and oxygen atoms in total. The third-order valence-electron chi connectivity index (χ3n) is 15.2. The number of nitrogens with zero attached hydrogens (tertiary/aromatic N) is 1. The Balaban J connectivity index is 1.21. The van der Waals surface area contributed by atoms with Crippen molar-refractivity contribution in [3.63, 3.8) is 0 Å². The standard InChI is InChI=1S/C54H53NO/c1-52(2)27-28-53(3,4)48-34-43(23-25-45(48)52)55(42-21-19-38(20-22-42)37-13-7-5-8-14-37)50-44(39-15-9-6-10-16-39)24-26-47-51(50)56-49-18-12-11-17-46(49)54(47)40-30-35-29-36(32-40)33-41(54)31-35/h5-26,34-36,40-41H,27-33H2,1-4H3. The monoisotopic (exact) mass is 731 g/mol. The second-order valence-electron chi connectivity index (χ2n) is 19.2. The Morgan fingerprint density at radius 1 is 0.482 bits per heavy atom. The van der Waals surface area contributed by atoms with E-state index in [9.17, 15) is 0 Å². The third-order valence-corrected chi connectivity index (χ3v) is 15.2. The summed E-state index contributed by atoms with van der Waals surface area (Å²) in [6, 6.07) is 52.5. The Bertz CT molecular complexity index is 2430. The van der Waals surface area contributed by atoms with Gasteiger partial charge in [-0.2, -0.15) is 0 Å². The highest BCUT2D eigenvalue weighted by Gasteiger charge is 2.61. The minimum atomic E-state index is -0.0493. The maximum absolute atomic E-state index is 7.46. The van der Waals surface area contributed by atoms with E-state index in [2.05, 4.69) is 172 Å². The van der Waals surface area contributed by atoms with Gasteiger partial charge in [-0.1, -0.05) is 137 Å². The van der Waals surface area contributed by atoms with Crippen molar-refractivity contribution in [1.82, 2.24) is 0 Å². The number of ether oxygens (including phenoxy) is 1. The summed E-state index contributed by atoms with van der Waals surface area (Å²) in [5, 5.41) is 0. The second-order valence-corrected chi connectivity index (χ2v) is 19.2. The number of fused-ring (bicyclic) bond motifs is 3. The average molecular weight is 732 g/mol. The molecule has 4 bridgehead atoms. The quantitative estimate of drug-likeness (QED) is 0.175. The van der Waals surface area contributed by atoms with Crippen LogP contribution in [0.25, 0.3) is 22.3 Å². The van der Waals surface area contributed by atoms with E-state index in [0.29, 0.717) is 11.8 Å². The van der Waals surface area contributed by atoms with Crippen molar-refractivity contribution in [2.24, 2.45) is 23.7 Å². The van der Waals surface area contributed by atoms with Gasteiger partial charge >= 0.3 is 0 Å². The molecular weight excluding hydrogens is 679 g/mol. The molecule has 6 aromatic rings. The highest BCUT2D eigenvalue weighted by atomic mass is 16.5. The zero-order valence-electron chi connectivity index (χ0n) is 33.4. The van der Waals surface area contributed by atoms with Crippen LogP contribution in [0.3, 0.4) is 0 Å². The smallest absolute Gasteiger partial charge is 0.156 e. The van der Waals surface area contributed by atoms with Crippen molar-refractivity contribution < 1.29 is 4.74 Å². The van der Waals surface area contributed by atoms with E-state index < -0.39 is 0 Å². The number of para-hydroxylation sites is 1. The van der Waals surface area contributed by atoms with E-state index in [1.165, 1.54) is 95.1 Å². The average Bonchev–Trinajstić information content (AvgIpc) is 3.22. The van der Waals surface area contributed by atoms with Crippen molar-refractivity contribution in [1.29, 1.82) is 0 Å². The molecular formula is C54H53NO. The fourth-order valence-electron chi connectivity index (χ4n) is 12.6. The van der Waals surface area contributed by atoms with Gasteiger partial charge in [0.05, 0.1) is 5.69 Å². The van der Waals surface area contributed by atoms with Gasteiger partial charge in [-0.25, -0.2) is 0 Å². The Kier molecular flexibility index (Phi) is 7.61. The van der Waals surface area contributed by atoms with Crippen LogP contribution in [-0.4, -0.2) is 0 Å². The van der Waals surface area contributed by atoms with E-state index in [0.717, 1.165) is 34.7 Å². The highest BCUT2D eigenvalue weighted by molar-refractivity contribution is 5.94. The molecule has 4 fully saturated rings. The van der Waals surface area contributed by atoms with Crippen molar-refractivity contribution in [3.8, 4) is 33.8 Å². The highest BCUT2D eigenvalue weighted by Crippen LogP contribution is 2.70. The molecule has 6 aliphatic rings. The van der Waals surface area contributed by atoms with Crippen LogP contribution in [0.5, 0.6) is 11.5 Å². The van der Waals surface area contributed by atoms with Crippen molar-refractivity contribution in [2.45, 2.75) is 88.9 Å². The lowest BCUT2D eigenvalue weighted by molar-refractivity contribution is -0.0451. The van der Waals surface area contributed by atoms with E-state index in [-0.39, 0.29) is 16.2 Å². The number of anilines is 3. The molecule has 1 spiro atoms. The summed E-state index contributed by atoms with van der Waals surface area (Å²) in [5.74, 6) is 5.08. The first-order valence-electron chi connectivity index (χ1n) is 21.3. The molecule has 0 saturated heterocycles. The lowest BCUT2D eigenvalue weighted by Crippen LogP contribution is -2.57. The zero-order valence-corrected chi connectivity index (χ0v) is 33.4. The van der Waals surface area contributed by atoms with Gasteiger partial charge in [0.2, 0.25) is 0 Å². The first-order chi connectivity index (χ1) is 27.2. The van der Waals surface area contributed by atoms with Gasteiger partial charge in [0.1, 0.15) is 5.75 Å². The van der Waals surface area contributed by atoms with Gasteiger partial charge in [-0.3, -0.25) is 0 Å². The Morgan fingerprint density at radius 3 is 1.71 bits per heavy atom. The minimum absolute atomic E-state index is 0.0493. The first kappa shape index (κ1) is 34.2. The predicted octanol–water partition coefficient (Wildman–Crippen LogP) is 14.7. The molecule has 0 amide bonds. The zero-order chi connectivity index (χ0) is 37.8. The van der Waals surface area contributed by atoms with Gasteiger partial charge < -0.3 is 9.64 Å². The molecule has 6 aromatic carbocycles. The number of benzene rings is 6. The van der Waals surface area contributed by atoms with E-state index in [1.54, 1.807) is 0 Å². The molecule has 5 aliphatic carbocycles. The summed E-state index contributed by atoms with van der Waals surface area (Å²) in [6.07, 6.45) is 9.12. The van der Waals surface area contributed by atoms with Crippen molar-refractivity contribution in [3.05, 3.63) is 162 Å². The fourth-order valence-corrected chi connectivity index (χ4v) is 12.6. The predicted molar refractivity (Wildman–Crippen MR) is 232 cm³/mol. The van der Waals surface area contributed by atoms with Crippen LogP contribution < -0.4 is 9.64 Å². The van der Waals surface area contributed by atoms with Gasteiger partial charge in [0.25, 0.3) is 0 Å². The number of hydrogen-bond donors (Lipinski definition) is 0. The van der Waals surface area contributed by atoms with Crippen LogP contribution in [0.15, 0.2) is 140 Å². The van der Waals surface area contributed by atoms with Gasteiger partial charge in [0.15, 0.2) is 5.75 Å². The molecule has 2 heteroatoms. The molecule has 12 rings (SSSR count). The molecule has 0 unspecified atom stereocenters. The SMILES string of the molecule is CC1(C)CCC(C)(C)c2cc(N(c3ccc(-c4ccccc4)cc3)c3c(-c4ccccc4)ccc4c3Oc3ccccc3C43C4CC5CC(C4)CC3C5)ccc21. The number of rotatable bonds is 5. The Labute approximate surface area is 333 Å². The fraction of sp³-hybridized carbons (Fsp3) is 0.333. The molecule has 280 valence electrons. The topological polar surface area (TPSA) is 12.5 Å². The summed E-state index contributed by atoms with van der Waals surface area (Å²) >= 11 is 0. The van der Waals surface area contributed by atoms with E-state index in [4.69, 9.17) is 4.74 Å². The molecule has 1 aliphatic heterocycles. The van der Waals surface area contributed by atoms with E-state index >= 15 is 0 Å². The van der Waals surface area contributed by atoms with Gasteiger partial charge in [-0.15, -0.1) is 0 Å². The Hall–Kier alpha value is -5.08. The van der Waals surface area contributed by atoms with Crippen LogP contribution in [0.4, 0.5) is 17.1 Å². The minimum Gasteiger partial charge on any atom is -0.454 e. The molecule has 0 N–H and O–H groups in total. The van der Waals surface area contributed by atoms with Crippen LogP contribution >= 0.6 is 0 Å². The van der Waals surface area contributed by atoms with Crippen LogP contribution in [-0.2, 0) is 16.2 Å². The molecule has 4 saturated carbocycles.